The molecule has 18 heavy (non-hydrogen) atoms. The number of aromatic amines is 1. The number of amides is 1. The van der Waals surface area contributed by atoms with E-state index >= 15 is 0 Å². The molecule has 0 saturated heterocycles. The fraction of sp³-hybridized carbons (Fsp3) is 0.308. The third-order valence-electron chi connectivity index (χ3n) is 2.57. The molecule has 0 spiro atoms. The minimum Gasteiger partial charge on any atom is -0.494 e. The van der Waals surface area contributed by atoms with Gasteiger partial charge in [-0.3, -0.25) is 4.79 Å². The highest BCUT2D eigenvalue weighted by atomic mass is 35.5. The summed E-state index contributed by atoms with van der Waals surface area (Å²) < 4.78 is 5.25. The average Bonchev–Trinajstić information content (AvgIpc) is 2.72. The van der Waals surface area contributed by atoms with E-state index in [1.807, 2.05) is 19.9 Å². The van der Waals surface area contributed by atoms with Gasteiger partial charge >= 0.3 is 0 Å². The lowest BCUT2D eigenvalue weighted by Crippen LogP contribution is -2.30. The fourth-order valence-corrected chi connectivity index (χ4v) is 2.06. The summed E-state index contributed by atoms with van der Waals surface area (Å²) in [6.45, 7) is 3.83. The van der Waals surface area contributed by atoms with Crippen molar-refractivity contribution >= 4 is 28.4 Å². The fourth-order valence-electron chi connectivity index (χ4n) is 1.82. The highest BCUT2D eigenvalue weighted by Crippen LogP contribution is 2.33. The van der Waals surface area contributed by atoms with E-state index in [2.05, 4.69) is 10.3 Å². The lowest BCUT2D eigenvalue weighted by Gasteiger charge is -2.05. The number of methoxy groups -OCH3 is 1. The topological polar surface area (TPSA) is 54.1 Å². The Morgan fingerprint density at radius 1 is 1.44 bits per heavy atom. The highest BCUT2D eigenvalue weighted by molar-refractivity contribution is 6.33. The first-order chi connectivity index (χ1) is 8.52. The third-order valence-corrected chi connectivity index (χ3v) is 2.87. The molecular weight excluding hydrogens is 252 g/mol. The number of benzene rings is 1. The van der Waals surface area contributed by atoms with Crippen molar-refractivity contribution in [2.75, 3.05) is 7.11 Å². The Kier molecular flexibility index (Phi) is 3.48. The normalized spacial score (nSPS) is 10.9. The van der Waals surface area contributed by atoms with Crippen LogP contribution in [0.2, 0.25) is 5.02 Å². The summed E-state index contributed by atoms with van der Waals surface area (Å²) in [5.41, 5.74) is 1.32. The van der Waals surface area contributed by atoms with Gasteiger partial charge in [-0.1, -0.05) is 11.6 Å². The number of halogens is 1. The van der Waals surface area contributed by atoms with Crippen molar-refractivity contribution in [2.45, 2.75) is 19.9 Å². The molecule has 0 atom stereocenters. The molecule has 1 aromatic carbocycles. The highest BCUT2D eigenvalue weighted by Gasteiger charge is 2.14. The van der Waals surface area contributed by atoms with Crippen LogP contribution in [0.5, 0.6) is 5.75 Å². The number of ether oxygens (including phenoxy) is 1. The third kappa shape index (κ3) is 2.29. The second kappa shape index (κ2) is 4.90. The van der Waals surface area contributed by atoms with Gasteiger partial charge in [0.15, 0.2) is 0 Å². The predicted molar refractivity (Wildman–Crippen MR) is 72.5 cm³/mol. The van der Waals surface area contributed by atoms with Crippen LogP contribution in [0.15, 0.2) is 18.2 Å². The van der Waals surface area contributed by atoms with Gasteiger partial charge in [0.25, 0.3) is 5.91 Å². The molecule has 2 rings (SSSR count). The van der Waals surface area contributed by atoms with E-state index < -0.39 is 0 Å². The summed E-state index contributed by atoms with van der Waals surface area (Å²) in [6.07, 6.45) is 0. The average molecular weight is 267 g/mol. The van der Waals surface area contributed by atoms with E-state index in [-0.39, 0.29) is 11.9 Å². The van der Waals surface area contributed by atoms with E-state index in [4.69, 9.17) is 16.3 Å². The molecule has 0 radical (unpaired) electrons. The van der Waals surface area contributed by atoms with Gasteiger partial charge in [-0.25, -0.2) is 0 Å². The van der Waals surface area contributed by atoms with Crippen molar-refractivity contribution < 1.29 is 9.53 Å². The lowest BCUT2D eigenvalue weighted by molar-refractivity contribution is 0.0939. The lowest BCUT2D eigenvalue weighted by atomic mass is 10.2. The first kappa shape index (κ1) is 12.8. The molecule has 0 fully saturated rings. The Morgan fingerprint density at radius 3 is 2.78 bits per heavy atom. The number of hydrogen-bond acceptors (Lipinski definition) is 2. The largest absolute Gasteiger partial charge is 0.494 e. The van der Waals surface area contributed by atoms with Gasteiger partial charge in [-0.2, -0.15) is 0 Å². The molecule has 5 heteroatoms. The molecule has 2 N–H and O–H groups in total. The van der Waals surface area contributed by atoms with Crippen LogP contribution >= 0.6 is 11.6 Å². The SMILES string of the molecule is COc1c(Cl)ccc2[nH]c(C(=O)NC(C)C)cc12. The monoisotopic (exact) mass is 266 g/mol. The number of H-pyrrole nitrogens is 1. The van der Waals surface area contributed by atoms with Crippen LogP contribution in [0.4, 0.5) is 0 Å². The van der Waals surface area contributed by atoms with Crippen molar-refractivity contribution in [3.05, 3.63) is 28.9 Å². The van der Waals surface area contributed by atoms with Crippen LogP contribution in [0.3, 0.4) is 0 Å². The molecule has 96 valence electrons. The van der Waals surface area contributed by atoms with E-state index in [1.54, 1.807) is 19.2 Å². The summed E-state index contributed by atoms with van der Waals surface area (Å²) in [7, 11) is 1.56. The molecule has 1 aromatic heterocycles. The Bertz CT molecular complexity index is 590. The Balaban J connectivity index is 2.47. The van der Waals surface area contributed by atoms with E-state index in [0.29, 0.717) is 16.5 Å². The second-order valence-corrected chi connectivity index (χ2v) is 4.76. The second-order valence-electron chi connectivity index (χ2n) is 4.35. The molecule has 4 nitrogen and oxygen atoms in total. The standard InChI is InChI=1S/C13H15ClN2O2/c1-7(2)15-13(17)11-6-8-10(16-11)5-4-9(14)12(8)18-3/h4-7,16H,1-3H3,(H,15,17). The van der Waals surface area contributed by atoms with Crippen molar-refractivity contribution in [2.24, 2.45) is 0 Å². The predicted octanol–water partition coefficient (Wildman–Crippen LogP) is 2.97. The van der Waals surface area contributed by atoms with Crippen LogP contribution in [0.1, 0.15) is 24.3 Å². The Hall–Kier alpha value is -1.68. The number of carbonyl (C=O) groups is 1. The number of fused-ring (bicyclic) bond motifs is 1. The van der Waals surface area contributed by atoms with E-state index in [1.165, 1.54) is 0 Å². The van der Waals surface area contributed by atoms with Gasteiger partial charge in [0, 0.05) is 16.9 Å². The van der Waals surface area contributed by atoms with Gasteiger partial charge in [0.2, 0.25) is 0 Å². The van der Waals surface area contributed by atoms with Crippen LogP contribution in [-0.4, -0.2) is 24.0 Å². The van der Waals surface area contributed by atoms with Gasteiger partial charge in [0.1, 0.15) is 11.4 Å². The minimum atomic E-state index is -0.139. The zero-order valence-corrected chi connectivity index (χ0v) is 11.3. The molecule has 0 aliphatic heterocycles. The number of hydrogen-bond donors (Lipinski definition) is 2. The Labute approximate surface area is 110 Å². The molecule has 0 saturated carbocycles. The molecule has 2 aromatic rings. The molecule has 0 bridgehead atoms. The maximum atomic E-state index is 11.9. The summed E-state index contributed by atoms with van der Waals surface area (Å²) in [6, 6.07) is 5.40. The van der Waals surface area contributed by atoms with Crippen LogP contribution in [0.25, 0.3) is 10.9 Å². The summed E-state index contributed by atoms with van der Waals surface area (Å²) >= 11 is 6.04. The van der Waals surface area contributed by atoms with Gasteiger partial charge in [-0.05, 0) is 32.0 Å². The number of carbonyl (C=O) groups excluding carboxylic acids is 1. The van der Waals surface area contributed by atoms with Crippen molar-refractivity contribution in [3.8, 4) is 5.75 Å². The van der Waals surface area contributed by atoms with E-state index in [9.17, 15) is 4.79 Å². The van der Waals surface area contributed by atoms with Gasteiger partial charge in [-0.15, -0.1) is 0 Å². The summed E-state index contributed by atoms with van der Waals surface area (Å²) in [5, 5.41) is 4.16. The molecule has 1 amide bonds. The van der Waals surface area contributed by atoms with E-state index in [0.717, 1.165) is 10.9 Å². The van der Waals surface area contributed by atoms with Crippen LogP contribution in [-0.2, 0) is 0 Å². The number of rotatable bonds is 3. The van der Waals surface area contributed by atoms with Crippen molar-refractivity contribution in [1.82, 2.24) is 10.3 Å². The van der Waals surface area contributed by atoms with Gasteiger partial charge in [0.05, 0.1) is 12.1 Å². The van der Waals surface area contributed by atoms with Gasteiger partial charge < -0.3 is 15.0 Å². The van der Waals surface area contributed by atoms with Crippen LogP contribution < -0.4 is 10.1 Å². The minimum absolute atomic E-state index is 0.0920. The first-order valence-electron chi connectivity index (χ1n) is 5.69. The number of aromatic nitrogens is 1. The molecule has 0 aliphatic carbocycles. The molecule has 0 unspecified atom stereocenters. The smallest absolute Gasteiger partial charge is 0.267 e. The maximum Gasteiger partial charge on any atom is 0.267 e. The molecular formula is C13H15ClN2O2. The zero-order valence-electron chi connectivity index (χ0n) is 10.5. The quantitative estimate of drug-likeness (QED) is 0.897. The summed E-state index contributed by atoms with van der Waals surface area (Å²) in [4.78, 5) is 14.9. The Morgan fingerprint density at radius 2 is 2.17 bits per heavy atom. The maximum absolute atomic E-state index is 11.9. The molecule has 1 heterocycles. The van der Waals surface area contributed by atoms with Crippen molar-refractivity contribution in [1.29, 1.82) is 0 Å². The summed E-state index contributed by atoms with van der Waals surface area (Å²) in [5.74, 6) is 0.438. The number of nitrogens with one attached hydrogen (secondary N) is 2. The zero-order chi connectivity index (χ0) is 13.3. The first-order valence-corrected chi connectivity index (χ1v) is 6.06. The molecule has 0 aliphatic rings. The van der Waals surface area contributed by atoms with Crippen LogP contribution in [0, 0.1) is 0 Å². The van der Waals surface area contributed by atoms with Crippen molar-refractivity contribution in [3.63, 3.8) is 0 Å².